The number of rotatable bonds is 4. The summed E-state index contributed by atoms with van der Waals surface area (Å²) in [6.07, 6.45) is 5.90. The summed E-state index contributed by atoms with van der Waals surface area (Å²) in [6, 6.07) is 5.59. The Kier molecular flexibility index (Phi) is 5.73. The normalized spacial score (nSPS) is 17.6. The fourth-order valence-electron chi connectivity index (χ4n) is 2.48. The molecule has 1 aromatic rings. The predicted molar refractivity (Wildman–Crippen MR) is 87.3 cm³/mol. The van der Waals surface area contributed by atoms with Crippen LogP contribution in [0.25, 0.3) is 0 Å². The molecule has 0 saturated heterocycles. The van der Waals surface area contributed by atoms with Crippen LogP contribution in [0.1, 0.15) is 39.0 Å². The average molecular weight is 360 g/mol. The molecule has 1 saturated carbocycles. The molecule has 0 bridgehead atoms. The van der Waals surface area contributed by atoms with Crippen LogP contribution in [0.15, 0.2) is 22.7 Å². The Morgan fingerprint density at radius 2 is 2.05 bits per heavy atom. The van der Waals surface area contributed by atoms with Crippen LogP contribution in [0.2, 0.25) is 5.02 Å². The van der Waals surface area contributed by atoms with E-state index in [1.807, 2.05) is 19.1 Å². The van der Waals surface area contributed by atoms with Gasteiger partial charge in [-0.05, 0) is 38.0 Å². The highest BCUT2D eigenvalue weighted by Crippen LogP contribution is 2.26. The van der Waals surface area contributed by atoms with Crippen LogP contribution in [0, 0.1) is 0 Å². The molecular weight excluding hydrogens is 340 g/mol. The highest BCUT2D eigenvalue weighted by Gasteiger charge is 2.20. The van der Waals surface area contributed by atoms with Crippen molar-refractivity contribution in [3.8, 4) is 0 Å². The van der Waals surface area contributed by atoms with Crippen LogP contribution < -0.4 is 10.6 Å². The van der Waals surface area contributed by atoms with Crippen molar-refractivity contribution in [3.05, 3.63) is 27.7 Å². The van der Waals surface area contributed by atoms with E-state index in [0.29, 0.717) is 11.1 Å². The van der Waals surface area contributed by atoms with E-state index < -0.39 is 0 Å². The van der Waals surface area contributed by atoms with Crippen molar-refractivity contribution in [2.45, 2.75) is 51.1 Å². The SMILES string of the molecule is CC(Nc1cc(Br)ccc1Cl)C(=O)NC1CCCCC1. The number of hydrogen-bond donors (Lipinski definition) is 2. The van der Waals surface area contributed by atoms with Crippen molar-refractivity contribution in [2.24, 2.45) is 0 Å². The van der Waals surface area contributed by atoms with E-state index in [-0.39, 0.29) is 11.9 Å². The lowest BCUT2D eigenvalue weighted by Gasteiger charge is -2.25. The number of hydrogen-bond acceptors (Lipinski definition) is 2. The standard InChI is InChI=1S/C15H20BrClN2O/c1-10(15(20)19-12-5-3-2-4-6-12)18-14-9-11(16)7-8-13(14)17/h7-10,12,18H,2-6H2,1H3,(H,19,20). The van der Waals surface area contributed by atoms with Gasteiger partial charge in [-0.2, -0.15) is 0 Å². The maximum Gasteiger partial charge on any atom is 0.242 e. The first-order chi connectivity index (χ1) is 9.56. The zero-order valence-corrected chi connectivity index (χ0v) is 13.9. The summed E-state index contributed by atoms with van der Waals surface area (Å²) in [5.74, 6) is 0.0351. The summed E-state index contributed by atoms with van der Waals surface area (Å²) in [5.41, 5.74) is 0.771. The first kappa shape index (κ1) is 15.6. The van der Waals surface area contributed by atoms with Crippen molar-refractivity contribution in [1.82, 2.24) is 5.32 Å². The molecule has 3 nitrogen and oxygen atoms in total. The van der Waals surface area contributed by atoms with Gasteiger partial charge in [-0.25, -0.2) is 0 Å². The monoisotopic (exact) mass is 358 g/mol. The molecule has 1 unspecified atom stereocenters. The van der Waals surface area contributed by atoms with Gasteiger partial charge in [-0.15, -0.1) is 0 Å². The molecular formula is C15H20BrClN2O. The zero-order valence-electron chi connectivity index (χ0n) is 11.6. The Hall–Kier alpha value is -0.740. The van der Waals surface area contributed by atoms with Crippen molar-refractivity contribution in [1.29, 1.82) is 0 Å². The third-order valence-corrected chi connectivity index (χ3v) is 4.47. The lowest BCUT2D eigenvalue weighted by molar-refractivity contribution is -0.122. The molecule has 1 atom stereocenters. The van der Waals surface area contributed by atoms with Gasteiger partial charge in [-0.1, -0.05) is 46.8 Å². The number of amides is 1. The van der Waals surface area contributed by atoms with Gasteiger partial charge in [-0.3, -0.25) is 4.79 Å². The van der Waals surface area contributed by atoms with Crippen molar-refractivity contribution in [2.75, 3.05) is 5.32 Å². The van der Waals surface area contributed by atoms with Crippen LogP contribution in [0.4, 0.5) is 5.69 Å². The first-order valence-corrected chi connectivity index (χ1v) is 8.25. The number of anilines is 1. The Morgan fingerprint density at radius 1 is 1.35 bits per heavy atom. The van der Waals surface area contributed by atoms with Crippen LogP contribution >= 0.6 is 27.5 Å². The van der Waals surface area contributed by atoms with Gasteiger partial charge in [0.25, 0.3) is 0 Å². The largest absolute Gasteiger partial charge is 0.373 e. The lowest BCUT2D eigenvalue weighted by Crippen LogP contribution is -2.44. The maximum atomic E-state index is 12.2. The molecule has 1 aliphatic carbocycles. The van der Waals surface area contributed by atoms with Gasteiger partial charge in [0.05, 0.1) is 10.7 Å². The van der Waals surface area contributed by atoms with Gasteiger partial charge in [0.2, 0.25) is 5.91 Å². The number of halogens is 2. The molecule has 1 aromatic carbocycles. The Balaban J connectivity index is 1.91. The van der Waals surface area contributed by atoms with E-state index in [1.165, 1.54) is 19.3 Å². The fraction of sp³-hybridized carbons (Fsp3) is 0.533. The summed E-state index contributed by atoms with van der Waals surface area (Å²) in [7, 11) is 0. The molecule has 110 valence electrons. The molecule has 20 heavy (non-hydrogen) atoms. The highest BCUT2D eigenvalue weighted by atomic mass is 79.9. The Morgan fingerprint density at radius 3 is 2.75 bits per heavy atom. The van der Waals surface area contributed by atoms with E-state index in [4.69, 9.17) is 11.6 Å². The van der Waals surface area contributed by atoms with E-state index in [1.54, 1.807) is 6.07 Å². The van der Waals surface area contributed by atoms with Crippen LogP contribution in [0.3, 0.4) is 0 Å². The molecule has 1 aliphatic rings. The minimum atomic E-state index is -0.302. The van der Waals surface area contributed by atoms with Crippen molar-refractivity contribution >= 4 is 39.1 Å². The third kappa shape index (κ3) is 4.38. The molecule has 2 N–H and O–H groups in total. The van der Waals surface area contributed by atoms with E-state index in [9.17, 15) is 4.79 Å². The first-order valence-electron chi connectivity index (χ1n) is 7.08. The van der Waals surface area contributed by atoms with Gasteiger partial charge < -0.3 is 10.6 Å². The van der Waals surface area contributed by atoms with Crippen LogP contribution in [-0.4, -0.2) is 18.0 Å². The quantitative estimate of drug-likeness (QED) is 0.839. The fourth-order valence-corrected chi connectivity index (χ4v) is 3.01. The molecule has 0 heterocycles. The van der Waals surface area contributed by atoms with Crippen molar-refractivity contribution < 1.29 is 4.79 Å². The summed E-state index contributed by atoms with van der Waals surface area (Å²) in [6.45, 7) is 1.86. The van der Waals surface area contributed by atoms with Crippen molar-refractivity contribution in [3.63, 3.8) is 0 Å². The molecule has 0 aliphatic heterocycles. The summed E-state index contributed by atoms with van der Waals surface area (Å²) >= 11 is 9.53. The summed E-state index contributed by atoms with van der Waals surface area (Å²) < 4.78 is 0.935. The second kappa shape index (κ2) is 7.32. The lowest BCUT2D eigenvalue weighted by atomic mass is 9.95. The van der Waals surface area contributed by atoms with Gasteiger partial charge in [0.1, 0.15) is 6.04 Å². The molecule has 0 radical (unpaired) electrons. The zero-order chi connectivity index (χ0) is 14.5. The molecule has 0 aromatic heterocycles. The van der Waals surface area contributed by atoms with Crippen LogP contribution in [0.5, 0.6) is 0 Å². The number of nitrogens with one attached hydrogen (secondary N) is 2. The second-order valence-electron chi connectivity index (χ2n) is 5.33. The van der Waals surface area contributed by atoms with E-state index in [0.717, 1.165) is 23.0 Å². The topological polar surface area (TPSA) is 41.1 Å². The molecule has 1 fully saturated rings. The second-order valence-corrected chi connectivity index (χ2v) is 6.66. The van der Waals surface area contributed by atoms with E-state index >= 15 is 0 Å². The van der Waals surface area contributed by atoms with Gasteiger partial charge >= 0.3 is 0 Å². The number of carbonyl (C=O) groups excluding carboxylic acids is 1. The molecule has 0 spiro atoms. The van der Waals surface area contributed by atoms with Gasteiger partial charge in [0, 0.05) is 10.5 Å². The maximum absolute atomic E-state index is 12.2. The highest BCUT2D eigenvalue weighted by molar-refractivity contribution is 9.10. The smallest absolute Gasteiger partial charge is 0.242 e. The third-order valence-electron chi connectivity index (χ3n) is 3.65. The molecule has 2 rings (SSSR count). The minimum Gasteiger partial charge on any atom is -0.373 e. The van der Waals surface area contributed by atoms with Gasteiger partial charge in [0.15, 0.2) is 0 Å². The summed E-state index contributed by atoms with van der Waals surface area (Å²) in [5, 5.41) is 6.90. The number of carbonyl (C=O) groups is 1. The predicted octanol–water partition coefficient (Wildman–Crippen LogP) is 4.35. The average Bonchev–Trinajstić information content (AvgIpc) is 2.44. The minimum absolute atomic E-state index is 0.0351. The molecule has 1 amide bonds. The Labute approximate surface area is 133 Å². The molecule has 5 heteroatoms. The number of benzene rings is 1. The van der Waals surface area contributed by atoms with Crippen LogP contribution in [-0.2, 0) is 4.79 Å². The Bertz CT molecular complexity index is 475. The van der Waals surface area contributed by atoms with E-state index in [2.05, 4.69) is 26.6 Å². The summed E-state index contributed by atoms with van der Waals surface area (Å²) in [4.78, 5) is 12.2.